The first-order valence-electron chi connectivity index (χ1n) is 7.40. The van der Waals surface area contributed by atoms with Gasteiger partial charge in [0, 0.05) is 26.2 Å². The van der Waals surface area contributed by atoms with Crippen LogP contribution in [0.2, 0.25) is 0 Å². The maximum Gasteiger partial charge on any atom is 0.239 e. The van der Waals surface area contributed by atoms with E-state index in [0.717, 1.165) is 38.4 Å². The van der Waals surface area contributed by atoms with E-state index in [1.165, 1.54) is 5.56 Å². The zero-order chi connectivity index (χ0) is 15.3. The first-order chi connectivity index (χ1) is 9.95. The van der Waals surface area contributed by atoms with Crippen LogP contribution in [0, 0.1) is 0 Å². The molecule has 0 aromatic heterocycles. The molecule has 0 unspecified atom stereocenters. The SMILES string of the molecule is CC(C)(N)C(=O)NCc1cccc(CN2CCOCC2)c1. The third-order valence-corrected chi connectivity index (χ3v) is 3.54. The van der Waals surface area contributed by atoms with Crippen LogP contribution >= 0.6 is 0 Å². The van der Waals surface area contributed by atoms with Crippen LogP contribution in [0.4, 0.5) is 0 Å². The molecule has 0 atom stereocenters. The van der Waals surface area contributed by atoms with E-state index in [-0.39, 0.29) is 5.91 Å². The van der Waals surface area contributed by atoms with Crippen LogP contribution in [0.3, 0.4) is 0 Å². The number of nitrogens with one attached hydrogen (secondary N) is 1. The summed E-state index contributed by atoms with van der Waals surface area (Å²) in [5, 5.41) is 2.87. The molecule has 21 heavy (non-hydrogen) atoms. The lowest BCUT2D eigenvalue weighted by Crippen LogP contribution is -2.48. The van der Waals surface area contributed by atoms with Crippen LogP contribution in [-0.2, 0) is 22.6 Å². The molecule has 1 aliphatic heterocycles. The molecule has 2 rings (SSSR count). The van der Waals surface area contributed by atoms with Gasteiger partial charge in [-0.3, -0.25) is 9.69 Å². The zero-order valence-electron chi connectivity index (χ0n) is 12.9. The molecule has 1 aromatic carbocycles. The van der Waals surface area contributed by atoms with Gasteiger partial charge in [0.05, 0.1) is 18.8 Å². The van der Waals surface area contributed by atoms with Crippen molar-refractivity contribution >= 4 is 5.91 Å². The Bertz CT molecular complexity index is 477. The summed E-state index contributed by atoms with van der Waals surface area (Å²) < 4.78 is 5.36. The molecule has 1 aromatic rings. The van der Waals surface area contributed by atoms with E-state index in [0.29, 0.717) is 6.54 Å². The Hall–Kier alpha value is -1.43. The molecular weight excluding hydrogens is 266 g/mol. The van der Waals surface area contributed by atoms with Gasteiger partial charge >= 0.3 is 0 Å². The van der Waals surface area contributed by atoms with Crippen molar-refractivity contribution in [3.8, 4) is 0 Å². The van der Waals surface area contributed by atoms with Crippen LogP contribution in [0.25, 0.3) is 0 Å². The topological polar surface area (TPSA) is 67.6 Å². The first kappa shape index (κ1) is 15.9. The minimum absolute atomic E-state index is 0.138. The fourth-order valence-corrected chi connectivity index (χ4v) is 2.27. The van der Waals surface area contributed by atoms with Crippen LogP contribution in [0.1, 0.15) is 25.0 Å². The van der Waals surface area contributed by atoms with E-state index in [4.69, 9.17) is 10.5 Å². The van der Waals surface area contributed by atoms with E-state index in [1.54, 1.807) is 13.8 Å². The quantitative estimate of drug-likeness (QED) is 0.845. The van der Waals surface area contributed by atoms with Gasteiger partial charge in [-0.25, -0.2) is 0 Å². The number of carbonyl (C=O) groups excluding carboxylic acids is 1. The number of ether oxygens (including phenoxy) is 1. The molecule has 1 heterocycles. The van der Waals surface area contributed by atoms with Crippen LogP contribution < -0.4 is 11.1 Å². The molecule has 1 saturated heterocycles. The summed E-state index contributed by atoms with van der Waals surface area (Å²) in [6, 6.07) is 8.31. The Morgan fingerprint density at radius 1 is 1.33 bits per heavy atom. The van der Waals surface area contributed by atoms with E-state index in [1.807, 2.05) is 12.1 Å². The molecule has 1 amide bonds. The van der Waals surface area contributed by atoms with Crippen molar-refractivity contribution in [2.45, 2.75) is 32.5 Å². The fraction of sp³-hybridized carbons (Fsp3) is 0.562. The summed E-state index contributed by atoms with van der Waals surface area (Å²) >= 11 is 0. The normalized spacial score (nSPS) is 16.7. The highest BCUT2D eigenvalue weighted by atomic mass is 16.5. The Kier molecular flexibility index (Phi) is 5.33. The fourth-order valence-electron chi connectivity index (χ4n) is 2.27. The highest BCUT2D eigenvalue weighted by Gasteiger charge is 2.21. The number of amides is 1. The number of benzene rings is 1. The minimum atomic E-state index is -0.842. The van der Waals surface area contributed by atoms with Gasteiger partial charge in [-0.2, -0.15) is 0 Å². The molecule has 1 aliphatic rings. The van der Waals surface area contributed by atoms with Crippen molar-refractivity contribution in [2.24, 2.45) is 5.73 Å². The summed E-state index contributed by atoms with van der Waals surface area (Å²) in [7, 11) is 0. The summed E-state index contributed by atoms with van der Waals surface area (Å²) in [5.74, 6) is -0.138. The standard InChI is InChI=1S/C16H25N3O2/c1-16(2,17)15(20)18-11-13-4-3-5-14(10-13)12-19-6-8-21-9-7-19/h3-5,10H,6-9,11-12,17H2,1-2H3,(H,18,20). The van der Waals surface area contributed by atoms with Crippen molar-refractivity contribution in [1.29, 1.82) is 0 Å². The van der Waals surface area contributed by atoms with Crippen LogP contribution in [-0.4, -0.2) is 42.6 Å². The Morgan fingerprint density at radius 2 is 2.00 bits per heavy atom. The second-order valence-corrected chi connectivity index (χ2v) is 6.11. The van der Waals surface area contributed by atoms with Gasteiger partial charge in [0.2, 0.25) is 5.91 Å². The van der Waals surface area contributed by atoms with Gasteiger partial charge in [0.25, 0.3) is 0 Å². The lowest BCUT2D eigenvalue weighted by molar-refractivity contribution is -0.125. The molecule has 3 N–H and O–H groups in total. The van der Waals surface area contributed by atoms with Gasteiger partial charge in [-0.15, -0.1) is 0 Å². The zero-order valence-corrected chi connectivity index (χ0v) is 12.9. The van der Waals surface area contributed by atoms with Gasteiger partial charge in [-0.1, -0.05) is 24.3 Å². The van der Waals surface area contributed by atoms with Crippen molar-refractivity contribution < 1.29 is 9.53 Å². The Morgan fingerprint density at radius 3 is 2.67 bits per heavy atom. The number of nitrogens with zero attached hydrogens (tertiary/aromatic N) is 1. The highest BCUT2D eigenvalue weighted by molar-refractivity contribution is 5.84. The van der Waals surface area contributed by atoms with E-state index >= 15 is 0 Å². The molecule has 5 heteroatoms. The summed E-state index contributed by atoms with van der Waals surface area (Å²) in [5.41, 5.74) is 7.28. The minimum Gasteiger partial charge on any atom is -0.379 e. The van der Waals surface area contributed by atoms with Gasteiger partial charge in [0.15, 0.2) is 0 Å². The third kappa shape index (κ3) is 5.12. The lowest BCUT2D eigenvalue weighted by Gasteiger charge is -2.26. The summed E-state index contributed by atoms with van der Waals surface area (Å²) in [6.07, 6.45) is 0. The number of carbonyl (C=O) groups is 1. The van der Waals surface area contributed by atoms with Crippen molar-refractivity contribution in [2.75, 3.05) is 26.3 Å². The number of nitrogens with two attached hydrogens (primary N) is 1. The first-order valence-corrected chi connectivity index (χ1v) is 7.40. The molecule has 0 spiro atoms. The second kappa shape index (κ2) is 7.02. The average molecular weight is 291 g/mol. The molecule has 116 valence electrons. The van der Waals surface area contributed by atoms with E-state index in [9.17, 15) is 4.79 Å². The van der Waals surface area contributed by atoms with Crippen molar-refractivity contribution in [1.82, 2.24) is 10.2 Å². The number of morpholine rings is 1. The maximum absolute atomic E-state index is 11.8. The lowest BCUT2D eigenvalue weighted by atomic mass is 10.1. The predicted octanol–water partition coefficient (Wildman–Crippen LogP) is 0.872. The molecule has 0 aliphatic carbocycles. The Labute approximate surface area is 126 Å². The van der Waals surface area contributed by atoms with Crippen LogP contribution in [0.15, 0.2) is 24.3 Å². The van der Waals surface area contributed by atoms with Crippen LogP contribution in [0.5, 0.6) is 0 Å². The summed E-state index contributed by atoms with van der Waals surface area (Å²) in [4.78, 5) is 14.2. The molecule has 0 saturated carbocycles. The van der Waals surface area contributed by atoms with E-state index in [2.05, 4.69) is 22.3 Å². The third-order valence-electron chi connectivity index (χ3n) is 3.54. The molecule has 5 nitrogen and oxygen atoms in total. The number of hydrogen-bond donors (Lipinski definition) is 2. The molecule has 0 bridgehead atoms. The molecule has 1 fully saturated rings. The van der Waals surface area contributed by atoms with Crippen molar-refractivity contribution in [3.05, 3.63) is 35.4 Å². The second-order valence-electron chi connectivity index (χ2n) is 6.11. The number of hydrogen-bond acceptors (Lipinski definition) is 4. The number of rotatable bonds is 5. The smallest absolute Gasteiger partial charge is 0.239 e. The maximum atomic E-state index is 11.8. The monoisotopic (exact) mass is 291 g/mol. The largest absolute Gasteiger partial charge is 0.379 e. The predicted molar refractivity (Wildman–Crippen MR) is 82.7 cm³/mol. The summed E-state index contributed by atoms with van der Waals surface area (Å²) in [6.45, 7) is 8.41. The van der Waals surface area contributed by atoms with Gasteiger partial charge in [-0.05, 0) is 25.0 Å². The average Bonchev–Trinajstić information content (AvgIpc) is 2.45. The molecular formula is C16H25N3O2. The molecule has 0 radical (unpaired) electrons. The van der Waals surface area contributed by atoms with Crippen molar-refractivity contribution in [3.63, 3.8) is 0 Å². The highest BCUT2D eigenvalue weighted by Crippen LogP contribution is 2.10. The van der Waals surface area contributed by atoms with E-state index < -0.39 is 5.54 Å². The Balaban J connectivity index is 1.89. The van der Waals surface area contributed by atoms with Gasteiger partial charge < -0.3 is 15.8 Å². The van der Waals surface area contributed by atoms with Gasteiger partial charge in [0.1, 0.15) is 0 Å².